The van der Waals surface area contributed by atoms with Crippen molar-refractivity contribution >= 4 is 11.6 Å². The number of hydrogen-bond acceptors (Lipinski definition) is 0. The highest BCUT2D eigenvalue weighted by molar-refractivity contribution is 6.18. The Kier molecular flexibility index (Phi) is 5.13. The van der Waals surface area contributed by atoms with E-state index in [0.717, 1.165) is 29.5 Å². The van der Waals surface area contributed by atoms with Gasteiger partial charge in [-0.1, -0.05) is 18.2 Å². The second-order valence-corrected chi connectivity index (χ2v) is 5.43. The Morgan fingerprint density at radius 3 is 2.20 bits per heavy atom. The van der Waals surface area contributed by atoms with E-state index in [2.05, 4.69) is 0 Å². The number of alkyl halides is 1. The minimum Gasteiger partial charge on any atom is -0.207 e. The summed E-state index contributed by atoms with van der Waals surface area (Å²) in [5, 5.41) is 0. The van der Waals surface area contributed by atoms with Crippen molar-refractivity contribution in [2.24, 2.45) is 5.92 Å². The van der Waals surface area contributed by atoms with Gasteiger partial charge in [-0.15, -0.1) is 11.6 Å². The molecule has 0 radical (unpaired) electrons. The van der Waals surface area contributed by atoms with Crippen LogP contribution in [-0.2, 0) is 12.8 Å². The van der Waals surface area contributed by atoms with Gasteiger partial charge in [0, 0.05) is 5.88 Å². The summed E-state index contributed by atoms with van der Waals surface area (Å²) in [6.45, 7) is 1.90. The summed E-state index contributed by atoms with van der Waals surface area (Å²) in [5.41, 5.74) is 3.12. The van der Waals surface area contributed by atoms with Crippen molar-refractivity contribution in [2.75, 3.05) is 5.88 Å². The normalized spacial score (nSPS) is 12.4. The molecule has 2 aromatic carbocycles. The summed E-state index contributed by atoms with van der Waals surface area (Å²) in [4.78, 5) is 0. The Labute approximate surface area is 123 Å². The lowest BCUT2D eigenvalue weighted by molar-refractivity contribution is 0.576. The van der Waals surface area contributed by atoms with Crippen molar-refractivity contribution < 1.29 is 8.78 Å². The highest BCUT2D eigenvalue weighted by Gasteiger charge is 2.12. The SMILES string of the molecule is Cc1cc(F)ccc1CC(CCl)Cc1ccc(F)cc1. The molecule has 3 heteroatoms. The zero-order valence-corrected chi connectivity index (χ0v) is 12.1. The Balaban J connectivity index is 2.07. The van der Waals surface area contributed by atoms with Crippen LogP contribution in [-0.4, -0.2) is 5.88 Å². The first kappa shape index (κ1) is 15.0. The van der Waals surface area contributed by atoms with E-state index in [1.54, 1.807) is 18.2 Å². The van der Waals surface area contributed by atoms with Gasteiger partial charge in [0.1, 0.15) is 11.6 Å². The largest absolute Gasteiger partial charge is 0.207 e. The number of halogens is 3. The molecule has 0 saturated heterocycles. The highest BCUT2D eigenvalue weighted by atomic mass is 35.5. The van der Waals surface area contributed by atoms with Gasteiger partial charge >= 0.3 is 0 Å². The number of rotatable bonds is 5. The van der Waals surface area contributed by atoms with Crippen LogP contribution in [0.25, 0.3) is 0 Å². The average Bonchev–Trinajstić information content (AvgIpc) is 2.43. The number of aryl methyl sites for hydroxylation is 1. The van der Waals surface area contributed by atoms with Gasteiger partial charge in [0.15, 0.2) is 0 Å². The molecule has 0 nitrogen and oxygen atoms in total. The third-order valence-electron chi connectivity index (χ3n) is 3.47. The Morgan fingerprint density at radius 2 is 1.60 bits per heavy atom. The van der Waals surface area contributed by atoms with Crippen molar-refractivity contribution in [3.63, 3.8) is 0 Å². The third kappa shape index (κ3) is 4.04. The molecule has 0 spiro atoms. The molecular weight excluding hydrogens is 278 g/mol. The molecule has 0 saturated carbocycles. The first-order chi connectivity index (χ1) is 9.58. The summed E-state index contributed by atoms with van der Waals surface area (Å²) in [7, 11) is 0. The van der Waals surface area contributed by atoms with Gasteiger partial charge in [0.05, 0.1) is 0 Å². The van der Waals surface area contributed by atoms with E-state index in [0.29, 0.717) is 5.88 Å². The smallest absolute Gasteiger partial charge is 0.123 e. The standard InChI is InChI=1S/C17H17ClF2/c1-12-8-17(20)7-4-15(12)10-14(11-18)9-13-2-5-16(19)6-3-13/h2-8,14H,9-11H2,1H3. The van der Waals surface area contributed by atoms with Crippen LogP contribution in [0.5, 0.6) is 0 Å². The monoisotopic (exact) mass is 294 g/mol. The maximum atomic E-state index is 13.1. The minimum atomic E-state index is -0.231. The van der Waals surface area contributed by atoms with E-state index >= 15 is 0 Å². The van der Waals surface area contributed by atoms with E-state index in [9.17, 15) is 8.78 Å². The van der Waals surface area contributed by atoms with Crippen LogP contribution in [0.4, 0.5) is 8.78 Å². The molecule has 0 aliphatic heterocycles. The van der Waals surface area contributed by atoms with E-state index in [4.69, 9.17) is 11.6 Å². The van der Waals surface area contributed by atoms with Crippen LogP contribution in [0, 0.1) is 24.5 Å². The van der Waals surface area contributed by atoms with Crippen LogP contribution in [0.3, 0.4) is 0 Å². The molecule has 106 valence electrons. The minimum absolute atomic E-state index is 0.216. The first-order valence-electron chi connectivity index (χ1n) is 6.64. The summed E-state index contributed by atoms with van der Waals surface area (Å²) < 4.78 is 26.0. The van der Waals surface area contributed by atoms with Gasteiger partial charge in [-0.25, -0.2) is 8.78 Å². The Hall–Kier alpha value is -1.41. The molecule has 0 N–H and O–H groups in total. The lowest BCUT2D eigenvalue weighted by atomic mass is 9.92. The molecular formula is C17H17ClF2. The zero-order valence-electron chi connectivity index (χ0n) is 11.4. The second-order valence-electron chi connectivity index (χ2n) is 5.13. The van der Waals surface area contributed by atoms with Crippen molar-refractivity contribution in [1.82, 2.24) is 0 Å². The van der Waals surface area contributed by atoms with Gasteiger partial charge < -0.3 is 0 Å². The lowest BCUT2D eigenvalue weighted by Gasteiger charge is -2.15. The lowest BCUT2D eigenvalue weighted by Crippen LogP contribution is -2.11. The van der Waals surface area contributed by atoms with Crippen LogP contribution in [0.1, 0.15) is 16.7 Å². The van der Waals surface area contributed by atoms with E-state index in [1.165, 1.54) is 18.2 Å². The van der Waals surface area contributed by atoms with Gasteiger partial charge in [0.25, 0.3) is 0 Å². The van der Waals surface area contributed by atoms with E-state index < -0.39 is 0 Å². The van der Waals surface area contributed by atoms with Gasteiger partial charge in [-0.05, 0) is 66.6 Å². The van der Waals surface area contributed by atoms with E-state index in [-0.39, 0.29) is 17.6 Å². The van der Waals surface area contributed by atoms with Crippen molar-refractivity contribution in [2.45, 2.75) is 19.8 Å². The molecule has 0 heterocycles. The molecule has 0 bridgehead atoms. The highest BCUT2D eigenvalue weighted by Crippen LogP contribution is 2.19. The van der Waals surface area contributed by atoms with E-state index in [1.807, 2.05) is 13.0 Å². The number of hydrogen-bond donors (Lipinski definition) is 0. The van der Waals surface area contributed by atoms with Crippen LogP contribution < -0.4 is 0 Å². The molecule has 1 unspecified atom stereocenters. The molecule has 0 aliphatic carbocycles. The van der Waals surface area contributed by atoms with Crippen LogP contribution in [0.2, 0.25) is 0 Å². The third-order valence-corrected chi connectivity index (χ3v) is 3.91. The van der Waals surface area contributed by atoms with Crippen LogP contribution >= 0.6 is 11.6 Å². The topological polar surface area (TPSA) is 0 Å². The van der Waals surface area contributed by atoms with Crippen molar-refractivity contribution in [3.8, 4) is 0 Å². The predicted octanol–water partition coefficient (Wildman–Crippen LogP) is 4.91. The van der Waals surface area contributed by atoms with Crippen molar-refractivity contribution in [1.29, 1.82) is 0 Å². The molecule has 1 atom stereocenters. The summed E-state index contributed by atoms with van der Waals surface area (Å²) >= 11 is 6.03. The Morgan fingerprint density at radius 1 is 0.950 bits per heavy atom. The summed E-state index contributed by atoms with van der Waals surface area (Å²) in [6, 6.07) is 11.3. The van der Waals surface area contributed by atoms with Gasteiger partial charge in [-0.3, -0.25) is 0 Å². The predicted molar refractivity (Wildman–Crippen MR) is 79.2 cm³/mol. The maximum Gasteiger partial charge on any atom is 0.123 e. The molecule has 2 aromatic rings. The fourth-order valence-electron chi connectivity index (χ4n) is 2.33. The molecule has 0 aliphatic rings. The molecule has 0 aromatic heterocycles. The van der Waals surface area contributed by atoms with Gasteiger partial charge in [-0.2, -0.15) is 0 Å². The zero-order chi connectivity index (χ0) is 14.5. The molecule has 0 fully saturated rings. The molecule has 2 rings (SSSR count). The summed E-state index contributed by atoms with van der Waals surface area (Å²) in [5.74, 6) is 0.331. The Bertz CT molecular complexity index is 564. The van der Waals surface area contributed by atoms with Crippen molar-refractivity contribution in [3.05, 3.63) is 70.8 Å². The number of benzene rings is 2. The average molecular weight is 295 g/mol. The summed E-state index contributed by atoms with van der Waals surface area (Å²) in [6.07, 6.45) is 1.59. The molecule has 20 heavy (non-hydrogen) atoms. The first-order valence-corrected chi connectivity index (χ1v) is 7.17. The fourth-order valence-corrected chi connectivity index (χ4v) is 2.55. The van der Waals surface area contributed by atoms with Crippen LogP contribution in [0.15, 0.2) is 42.5 Å². The molecule has 0 amide bonds. The quantitative estimate of drug-likeness (QED) is 0.687. The fraction of sp³-hybridized carbons (Fsp3) is 0.294. The van der Waals surface area contributed by atoms with Gasteiger partial charge in [0.2, 0.25) is 0 Å². The second kappa shape index (κ2) is 6.85. The maximum absolute atomic E-state index is 13.1.